The molecule has 0 heterocycles. The van der Waals surface area contributed by atoms with Gasteiger partial charge in [0.25, 0.3) is 0 Å². The summed E-state index contributed by atoms with van der Waals surface area (Å²) in [5.41, 5.74) is 1.18. The minimum absolute atomic E-state index is 0.776. The van der Waals surface area contributed by atoms with Crippen LogP contribution in [0.5, 0.6) is 0 Å². The molecule has 0 spiro atoms. The van der Waals surface area contributed by atoms with Gasteiger partial charge in [-0.2, -0.15) is 0 Å². The van der Waals surface area contributed by atoms with Gasteiger partial charge in [0, 0.05) is 16.0 Å². The van der Waals surface area contributed by atoms with Gasteiger partial charge in [-0.15, -0.1) is 0 Å². The summed E-state index contributed by atoms with van der Waals surface area (Å²) in [6, 6.07) is 5.77. The summed E-state index contributed by atoms with van der Waals surface area (Å²) in [5.74, 6) is 0. The molecule has 0 unspecified atom stereocenters. The van der Waals surface area contributed by atoms with Gasteiger partial charge in [-0.3, -0.25) is 0 Å². The van der Waals surface area contributed by atoms with Gasteiger partial charge in [0.05, 0.1) is 0 Å². The fourth-order valence-corrected chi connectivity index (χ4v) is 1.45. The van der Waals surface area contributed by atoms with E-state index in [1.165, 1.54) is 5.56 Å². The molecule has 0 saturated carbocycles. The largest absolute Gasteiger partial charge is 0.316 e. The first-order chi connectivity index (χ1) is 5.24. The maximum atomic E-state index is 5.80. The van der Waals surface area contributed by atoms with Gasteiger partial charge in [0.1, 0.15) is 0 Å². The van der Waals surface area contributed by atoms with Crippen molar-refractivity contribution in [2.45, 2.75) is 6.54 Å². The fraction of sp³-hybridized carbons (Fsp3) is 0.250. The first-order valence-electron chi connectivity index (χ1n) is 3.32. The van der Waals surface area contributed by atoms with E-state index in [-0.39, 0.29) is 0 Å². The molecular formula is C8H9BrClN. The lowest BCUT2D eigenvalue weighted by Crippen LogP contribution is -2.05. The highest BCUT2D eigenvalue weighted by molar-refractivity contribution is 9.10. The summed E-state index contributed by atoms with van der Waals surface area (Å²) < 4.78 is 1.09. The second kappa shape index (κ2) is 4.10. The summed E-state index contributed by atoms with van der Waals surface area (Å²) in [6.07, 6.45) is 0. The standard InChI is InChI=1S/C8H9BrClN/c1-11-5-6-4-7(10)2-3-8(6)9/h2-4,11H,5H2,1H3. The SMILES string of the molecule is CNCc1cc(Cl)ccc1Br. The molecule has 1 rings (SSSR count). The van der Waals surface area contributed by atoms with Gasteiger partial charge in [-0.05, 0) is 30.8 Å². The molecule has 0 aliphatic carbocycles. The smallest absolute Gasteiger partial charge is 0.0410 e. The Balaban J connectivity index is 2.93. The third-order valence-electron chi connectivity index (χ3n) is 1.37. The predicted molar refractivity (Wildman–Crippen MR) is 51.9 cm³/mol. The number of hydrogen-bond acceptors (Lipinski definition) is 1. The predicted octanol–water partition coefficient (Wildman–Crippen LogP) is 2.82. The molecule has 0 fully saturated rings. The molecule has 0 atom stereocenters. The van der Waals surface area contributed by atoms with E-state index >= 15 is 0 Å². The normalized spacial score (nSPS) is 10.1. The minimum atomic E-state index is 0.776. The van der Waals surface area contributed by atoms with Crippen LogP contribution in [0.2, 0.25) is 5.02 Å². The second-order valence-electron chi connectivity index (χ2n) is 2.27. The third-order valence-corrected chi connectivity index (χ3v) is 2.38. The van der Waals surface area contributed by atoms with Crippen molar-refractivity contribution >= 4 is 27.5 Å². The molecule has 3 heteroatoms. The Labute approximate surface area is 79.9 Å². The van der Waals surface area contributed by atoms with E-state index in [1.54, 1.807) is 0 Å². The molecular weight excluding hydrogens is 225 g/mol. The van der Waals surface area contributed by atoms with Crippen LogP contribution in [0.4, 0.5) is 0 Å². The lowest BCUT2D eigenvalue weighted by Gasteiger charge is -2.02. The Morgan fingerprint density at radius 3 is 2.91 bits per heavy atom. The van der Waals surface area contributed by atoms with Gasteiger partial charge in [-0.1, -0.05) is 27.5 Å². The van der Waals surface area contributed by atoms with E-state index in [2.05, 4.69) is 21.2 Å². The molecule has 0 amide bonds. The number of rotatable bonds is 2. The van der Waals surface area contributed by atoms with Crippen LogP contribution < -0.4 is 5.32 Å². The number of nitrogens with one attached hydrogen (secondary N) is 1. The van der Waals surface area contributed by atoms with Gasteiger partial charge >= 0.3 is 0 Å². The topological polar surface area (TPSA) is 12.0 Å². The molecule has 1 nitrogen and oxygen atoms in total. The zero-order valence-electron chi connectivity index (χ0n) is 6.20. The van der Waals surface area contributed by atoms with Crippen LogP contribution in [0.3, 0.4) is 0 Å². The monoisotopic (exact) mass is 233 g/mol. The van der Waals surface area contributed by atoms with E-state index in [0.717, 1.165) is 16.0 Å². The maximum absolute atomic E-state index is 5.80. The Morgan fingerprint density at radius 1 is 1.55 bits per heavy atom. The average Bonchev–Trinajstić information content (AvgIpc) is 1.98. The Morgan fingerprint density at radius 2 is 2.27 bits per heavy atom. The second-order valence-corrected chi connectivity index (χ2v) is 3.56. The quantitative estimate of drug-likeness (QED) is 0.830. The highest BCUT2D eigenvalue weighted by Gasteiger charge is 1.98. The zero-order chi connectivity index (χ0) is 8.27. The van der Waals surface area contributed by atoms with Gasteiger partial charge < -0.3 is 5.32 Å². The van der Waals surface area contributed by atoms with Crippen LogP contribution in [0.1, 0.15) is 5.56 Å². The van der Waals surface area contributed by atoms with E-state index in [1.807, 2.05) is 25.2 Å². The Hall–Kier alpha value is -0.0500. The summed E-state index contributed by atoms with van der Waals surface area (Å²) in [4.78, 5) is 0. The van der Waals surface area contributed by atoms with Crippen molar-refractivity contribution < 1.29 is 0 Å². The molecule has 60 valence electrons. The van der Waals surface area contributed by atoms with Crippen LogP contribution in [-0.2, 0) is 6.54 Å². The van der Waals surface area contributed by atoms with Crippen LogP contribution >= 0.6 is 27.5 Å². The minimum Gasteiger partial charge on any atom is -0.316 e. The summed E-state index contributed by atoms with van der Waals surface area (Å²) >= 11 is 9.24. The van der Waals surface area contributed by atoms with E-state index in [0.29, 0.717) is 0 Å². The van der Waals surface area contributed by atoms with Crippen LogP contribution in [0.25, 0.3) is 0 Å². The third kappa shape index (κ3) is 2.47. The van der Waals surface area contributed by atoms with E-state index in [9.17, 15) is 0 Å². The number of benzene rings is 1. The number of halogens is 2. The van der Waals surface area contributed by atoms with E-state index in [4.69, 9.17) is 11.6 Å². The molecule has 0 aliphatic heterocycles. The van der Waals surface area contributed by atoms with Crippen molar-refractivity contribution in [2.24, 2.45) is 0 Å². The maximum Gasteiger partial charge on any atom is 0.0410 e. The average molecular weight is 235 g/mol. The van der Waals surface area contributed by atoms with Crippen LogP contribution in [0.15, 0.2) is 22.7 Å². The molecule has 0 aliphatic rings. The van der Waals surface area contributed by atoms with Crippen molar-refractivity contribution in [2.75, 3.05) is 7.05 Å². The molecule has 11 heavy (non-hydrogen) atoms. The molecule has 0 saturated heterocycles. The van der Waals surface area contributed by atoms with E-state index < -0.39 is 0 Å². The van der Waals surface area contributed by atoms with Crippen molar-refractivity contribution in [3.63, 3.8) is 0 Å². The highest BCUT2D eigenvalue weighted by Crippen LogP contribution is 2.20. The summed E-state index contributed by atoms with van der Waals surface area (Å²) in [5, 5.41) is 3.84. The lowest BCUT2D eigenvalue weighted by molar-refractivity contribution is 0.814. The lowest BCUT2D eigenvalue weighted by atomic mass is 10.2. The number of hydrogen-bond donors (Lipinski definition) is 1. The highest BCUT2D eigenvalue weighted by atomic mass is 79.9. The van der Waals surface area contributed by atoms with Gasteiger partial charge in [-0.25, -0.2) is 0 Å². The Bertz CT molecular complexity index is 250. The first kappa shape index (κ1) is 9.04. The summed E-state index contributed by atoms with van der Waals surface area (Å²) in [7, 11) is 1.91. The summed E-state index contributed by atoms with van der Waals surface area (Å²) in [6.45, 7) is 0.834. The molecule has 0 bridgehead atoms. The Kier molecular flexibility index (Phi) is 3.37. The van der Waals surface area contributed by atoms with Gasteiger partial charge in [0.15, 0.2) is 0 Å². The molecule has 1 aromatic carbocycles. The molecule has 1 aromatic rings. The molecule has 0 radical (unpaired) electrons. The molecule has 1 N–H and O–H groups in total. The van der Waals surface area contributed by atoms with Crippen molar-refractivity contribution in [3.8, 4) is 0 Å². The first-order valence-corrected chi connectivity index (χ1v) is 4.49. The van der Waals surface area contributed by atoms with Crippen molar-refractivity contribution in [1.29, 1.82) is 0 Å². The van der Waals surface area contributed by atoms with Crippen molar-refractivity contribution in [3.05, 3.63) is 33.3 Å². The van der Waals surface area contributed by atoms with Crippen LogP contribution in [0, 0.1) is 0 Å². The van der Waals surface area contributed by atoms with Gasteiger partial charge in [0.2, 0.25) is 0 Å². The van der Waals surface area contributed by atoms with Crippen molar-refractivity contribution in [1.82, 2.24) is 5.32 Å². The molecule has 0 aromatic heterocycles. The fourth-order valence-electron chi connectivity index (χ4n) is 0.869. The zero-order valence-corrected chi connectivity index (χ0v) is 8.54. The van der Waals surface area contributed by atoms with Crippen LogP contribution in [-0.4, -0.2) is 7.05 Å².